The average Bonchev–Trinajstić information content (AvgIpc) is 2.50. The molecule has 1 aromatic rings. The number of methoxy groups -OCH3 is 1. The number of oxazole rings is 1. The first kappa shape index (κ1) is 8.13. The molecule has 0 N–H and O–H groups in total. The summed E-state index contributed by atoms with van der Waals surface area (Å²) >= 11 is 1.33. The highest BCUT2D eigenvalue weighted by atomic mass is 32.2. The maximum absolute atomic E-state index is 10.8. The van der Waals surface area contributed by atoms with Crippen LogP contribution in [0.4, 0.5) is 0 Å². The van der Waals surface area contributed by atoms with E-state index in [2.05, 4.69) is 9.72 Å². The maximum Gasteiger partial charge on any atom is 0.360 e. The summed E-state index contributed by atoms with van der Waals surface area (Å²) in [5.41, 5.74) is 0.205. The lowest BCUT2D eigenvalue weighted by atomic mass is 10.5. The van der Waals surface area contributed by atoms with E-state index in [0.717, 1.165) is 0 Å². The molecule has 1 aromatic heterocycles. The SMILES string of the molecule is COC(=O)c1coc(SC)n1. The third kappa shape index (κ3) is 1.74. The van der Waals surface area contributed by atoms with Gasteiger partial charge in [0.2, 0.25) is 0 Å². The number of carbonyl (C=O) groups excluding carboxylic acids is 1. The van der Waals surface area contributed by atoms with Gasteiger partial charge in [-0.2, -0.15) is 4.98 Å². The molecule has 0 aromatic carbocycles. The number of esters is 1. The number of rotatable bonds is 2. The first-order valence-corrected chi connectivity index (χ1v) is 4.08. The van der Waals surface area contributed by atoms with Gasteiger partial charge in [-0.1, -0.05) is 11.8 Å². The van der Waals surface area contributed by atoms with E-state index in [1.807, 2.05) is 6.26 Å². The molecule has 0 bridgehead atoms. The Hall–Kier alpha value is -0.970. The van der Waals surface area contributed by atoms with Crippen LogP contribution < -0.4 is 0 Å². The Morgan fingerprint density at radius 1 is 1.82 bits per heavy atom. The number of thioether (sulfide) groups is 1. The van der Waals surface area contributed by atoms with Crippen LogP contribution in [-0.4, -0.2) is 24.3 Å². The van der Waals surface area contributed by atoms with Gasteiger partial charge in [0, 0.05) is 0 Å². The molecule has 0 fully saturated rings. The predicted octanol–water partition coefficient (Wildman–Crippen LogP) is 1.18. The van der Waals surface area contributed by atoms with E-state index in [9.17, 15) is 4.79 Å². The van der Waals surface area contributed by atoms with Crippen molar-refractivity contribution >= 4 is 17.7 Å². The zero-order valence-electron chi connectivity index (χ0n) is 6.16. The lowest BCUT2D eigenvalue weighted by Gasteiger charge is -1.88. The fourth-order valence-electron chi connectivity index (χ4n) is 0.549. The average molecular weight is 173 g/mol. The summed E-state index contributed by atoms with van der Waals surface area (Å²) in [6.45, 7) is 0. The van der Waals surface area contributed by atoms with Crippen LogP contribution >= 0.6 is 11.8 Å². The van der Waals surface area contributed by atoms with Gasteiger partial charge in [0.15, 0.2) is 5.69 Å². The van der Waals surface area contributed by atoms with E-state index in [1.165, 1.54) is 25.1 Å². The maximum atomic E-state index is 10.8. The molecule has 60 valence electrons. The van der Waals surface area contributed by atoms with Crippen LogP contribution in [0.2, 0.25) is 0 Å². The van der Waals surface area contributed by atoms with Crippen molar-refractivity contribution in [3.05, 3.63) is 12.0 Å². The second-order valence-corrected chi connectivity index (χ2v) is 2.45. The van der Waals surface area contributed by atoms with Gasteiger partial charge in [-0.3, -0.25) is 0 Å². The quantitative estimate of drug-likeness (QED) is 0.496. The number of hydrogen-bond acceptors (Lipinski definition) is 5. The van der Waals surface area contributed by atoms with Crippen molar-refractivity contribution in [3.8, 4) is 0 Å². The van der Waals surface area contributed by atoms with Crippen molar-refractivity contribution < 1.29 is 13.9 Å². The van der Waals surface area contributed by atoms with Crippen LogP contribution in [0.3, 0.4) is 0 Å². The van der Waals surface area contributed by atoms with Crippen molar-refractivity contribution in [1.82, 2.24) is 4.98 Å². The van der Waals surface area contributed by atoms with E-state index in [4.69, 9.17) is 4.42 Å². The van der Waals surface area contributed by atoms with Crippen molar-refractivity contribution in [2.75, 3.05) is 13.4 Å². The molecule has 5 heteroatoms. The first-order chi connectivity index (χ1) is 5.27. The molecule has 1 rings (SSSR count). The van der Waals surface area contributed by atoms with E-state index < -0.39 is 5.97 Å². The molecule has 4 nitrogen and oxygen atoms in total. The summed E-state index contributed by atoms with van der Waals surface area (Å²) in [5.74, 6) is -0.478. The van der Waals surface area contributed by atoms with Gasteiger partial charge in [-0.25, -0.2) is 4.79 Å². The zero-order valence-corrected chi connectivity index (χ0v) is 6.97. The highest BCUT2D eigenvalue weighted by Gasteiger charge is 2.10. The molecule has 0 atom stereocenters. The monoisotopic (exact) mass is 173 g/mol. The summed E-state index contributed by atoms with van der Waals surface area (Å²) < 4.78 is 9.31. The normalized spacial score (nSPS) is 9.64. The topological polar surface area (TPSA) is 52.3 Å². The highest BCUT2D eigenvalue weighted by Crippen LogP contribution is 2.13. The van der Waals surface area contributed by atoms with Crippen molar-refractivity contribution in [3.63, 3.8) is 0 Å². The lowest BCUT2D eigenvalue weighted by Crippen LogP contribution is -2.00. The van der Waals surface area contributed by atoms with Crippen LogP contribution in [0.25, 0.3) is 0 Å². The molecule has 1 heterocycles. The zero-order chi connectivity index (χ0) is 8.27. The number of ether oxygens (including phenoxy) is 1. The lowest BCUT2D eigenvalue weighted by molar-refractivity contribution is 0.0594. The van der Waals surface area contributed by atoms with Crippen LogP contribution in [0.15, 0.2) is 15.9 Å². The Balaban J connectivity index is 2.80. The molecule has 0 radical (unpaired) electrons. The Bertz CT molecular complexity index is 258. The smallest absolute Gasteiger partial charge is 0.360 e. The molecule has 11 heavy (non-hydrogen) atoms. The number of aromatic nitrogens is 1. The Labute approximate surface area is 67.9 Å². The molecular formula is C6H7NO3S. The first-order valence-electron chi connectivity index (χ1n) is 2.85. The van der Waals surface area contributed by atoms with Gasteiger partial charge >= 0.3 is 5.97 Å². The number of nitrogens with zero attached hydrogens (tertiary/aromatic N) is 1. The second kappa shape index (κ2) is 3.43. The third-order valence-corrected chi connectivity index (χ3v) is 1.59. The molecule has 0 spiro atoms. The van der Waals surface area contributed by atoms with Crippen LogP contribution in [0.1, 0.15) is 10.5 Å². The molecule has 0 aliphatic rings. The van der Waals surface area contributed by atoms with E-state index in [1.54, 1.807) is 0 Å². The molecule has 0 aliphatic heterocycles. The Kier molecular flexibility index (Phi) is 2.53. The van der Waals surface area contributed by atoms with E-state index in [-0.39, 0.29) is 5.69 Å². The summed E-state index contributed by atoms with van der Waals surface area (Å²) in [5, 5.41) is 0.463. The number of carbonyl (C=O) groups is 1. The molecule has 0 unspecified atom stereocenters. The minimum absolute atomic E-state index is 0.205. The summed E-state index contributed by atoms with van der Waals surface area (Å²) in [4.78, 5) is 14.6. The van der Waals surface area contributed by atoms with E-state index in [0.29, 0.717) is 5.22 Å². The molecule has 0 aliphatic carbocycles. The number of hydrogen-bond donors (Lipinski definition) is 0. The van der Waals surface area contributed by atoms with Gasteiger partial charge in [-0.05, 0) is 6.26 Å². The summed E-state index contributed by atoms with van der Waals surface area (Å²) in [7, 11) is 1.30. The highest BCUT2D eigenvalue weighted by molar-refractivity contribution is 7.98. The van der Waals surface area contributed by atoms with Crippen molar-refractivity contribution in [2.24, 2.45) is 0 Å². The van der Waals surface area contributed by atoms with Crippen LogP contribution in [-0.2, 0) is 4.74 Å². The molecule has 0 amide bonds. The Morgan fingerprint density at radius 3 is 3.00 bits per heavy atom. The van der Waals surface area contributed by atoms with Crippen molar-refractivity contribution in [2.45, 2.75) is 5.22 Å². The summed E-state index contributed by atoms with van der Waals surface area (Å²) in [6, 6.07) is 0. The van der Waals surface area contributed by atoms with Crippen LogP contribution in [0.5, 0.6) is 0 Å². The third-order valence-electron chi connectivity index (χ3n) is 1.05. The second-order valence-electron chi connectivity index (χ2n) is 1.69. The molecular weight excluding hydrogens is 166 g/mol. The van der Waals surface area contributed by atoms with Gasteiger partial charge < -0.3 is 9.15 Å². The van der Waals surface area contributed by atoms with E-state index >= 15 is 0 Å². The summed E-state index contributed by atoms with van der Waals surface area (Å²) in [6.07, 6.45) is 3.09. The van der Waals surface area contributed by atoms with Crippen LogP contribution in [0, 0.1) is 0 Å². The van der Waals surface area contributed by atoms with Gasteiger partial charge in [0.05, 0.1) is 7.11 Å². The minimum atomic E-state index is -0.478. The Morgan fingerprint density at radius 2 is 2.55 bits per heavy atom. The van der Waals surface area contributed by atoms with Gasteiger partial charge in [-0.15, -0.1) is 0 Å². The van der Waals surface area contributed by atoms with Gasteiger partial charge in [0.1, 0.15) is 6.26 Å². The fourth-order valence-corrected chi connectivity index (χ4v) is 0.883. The predicted molar refractivity (Wildman–Crippen MR) is 39.6 cm³/mol. The molecule has 0 saturated carbocycles. The standard InChI is InChI=1S/C6H7NO3S/c1-9-5(8)4-3-10-6(7-4)11-2/h3H,1-2H3. The molecule has 0 saturated heterocycles. The largest absolute Gasteiger partial charge is 0.464 e. The van der Waals surface area contributed by atoms with Crippen molar-refractivity contribution in [1.29, 1.82) is 0 Å². The fraction of sp³-hybridized carbons (Fsp3) is 0.333. The minimum Gasteiger partial charge on any atom is -0.464 e. The van der Waals surface area contributed by atoms with Gasteiger partial charge in [0.25, 0.3) is 5.22 Å².